The van der Waals surface area contributed by atoms with E-state index in [1.165, 1.54) is 6.07 Å². The summed E-state index contributed by atoms with van der Waals surface area (Å²) in [6.45, 7) is 10.8. The minimum absolute atomic E-state index is 0.00425. The number of rotatable bonds is 2. The molecule has 3 heteroatoms. The first-order valence-electron chi connectivity index (χ1n) is 6.86. The Morgan fingerprint density at radius 3 is 2.58 bits per heavy atom. The second-order valence-electron chi connectivity index (χ2n) is 6.43. The van der Waals surface area contributed by atoms with E-state index in [1.54, 1.807) is 6.07 Å². The van der Waals surface area contributed by atoms with Crippen molar-refractivity contribution in [3.8, 4) is 0 Å². The maximum absolute atomic E-state index is 13.9. The molecule has 0 unspecified atom stereocenters. The Kier molecular flexibility index (Phi) is 3.41. The van der Waals surface area contributed by atoms with Gasteiger partial charge in [-0.25, -0.2) is 4.39 Å². The average molecular weight is 263 g/mol. The van der Waals surface area contributed by atoms with Gasteiger partial charge in [-0.05, 0) is 57.7 Å². The fourth-order valence-corrected chi connectivity index (χ4v) is 3.55. The lowest BCUT2D eigenvalue weighted by Crippen LogP contribution is -2.51. The van der Waals surface area contributed by atoms with Gasteiger partial charge in [0.25, 0.3) is 0 Å². The SMILES string of the molecule is CC(C)N1c2cc(F)c(C=O)cc2[C@H](C)CC1(C)C. The van der Waals surface area contributed by atoms with Crippen LogP contribution in [0.3, 0.4) is 0 Å². The second-order valence-corrected chi connectivity index (χ2v) is 6.43. The fourth-order valence-electron chi connectivity index (χ4n) is 3.55. The highest BCUT2D eigenvalue weighted by Gasteiger charge is 2.38. The van der Waals surface area contributed by atoms with Crippen molar-refractivity contribution < 1.29 is 9.18 Å². The predicted octanol–water partition coefficient (Wildman–Crippen LogP) is 4.14. The molecule has 0 saturated carbocycles. The largest absolute Gasteiger partial charge is 0.364 e. The molecular formula is C16H22FNO. The molecule has 0 fully saturated rings. The van der Waals surface area contributed by atoms with Crippen molar-refractivity contribution in [2.75, 3.05) is 4.90 Å². The van der Waals surface area contributed by atoms with E-state index in [0.29, 0.717) is 18.2 Å². The first-order valence-corrected chi connectivity index (χ1v) is 6.86. The van der Waals surface area contributed by atoms with Crippen molar-refractivity contribution in [3.05, 3.63) is 29.1 Å². The number of anilines is 1. The van der Waals surface area contributed by atoms with Crippen LogP contribution in [0.25, 0.3) is 0 Å². The van der Waals surface area contributed by atoms with Crippen LogP contribution < -0.4 is 4.90 Å². The number of nitrogens with zero attached hydrogens (tertiary/aromatic N) is 1. The summed E-state index contributed by atoms with van der Waals surface area (Å²) in [5, 5.41) is 0. The van der Waals surface area contributed by atoms with Crippen molar-refractivity contribution in [3.63, 3.8) is 0 Å². The van der Waals surface area contributed by atoms with Gasteiger partial charge in [0.2, 0.25) is 0 Å². The van der Waals surface area contributed by atoms with Gasteiger partial charge in [-0.2, -0.15) is 0 Å². The van der Waals surface area contributed by atoms with E-state index >= 15 is 0 Å². The number of carbonyl (C=O) groups is 1. The molecule has 0 saturated heterocycles. The summed E-state index contributed by atoms with van der Waals surface area (Å²) < 4.78 is 13.9. The Hall–Kier alpha value is -1.38. The smallest absolute Gasteiger partial charge is 0.153 e. The standard InChI is InChI=1S/C16H22FNO/c1-10(2)18-15-7-14(17)12(9-19)6-13(15)11(3)8-16(18,4)5/h6-7,9-11H,8H2,1-5H3/t11-/m1/s1. The summed E-state index contributed by atoms with van der Waals surface area (Å²) in [5.41, 5.74) is 2.17. The van der Waals surface area contributed by atoms with Crippen molar-refractivity contribution in [2.24, 2.45) is 0 Å². The zero-order valence-corrected chi connectivity index (χ0v) is 12.3. The van der Waals surface area contributed by atoms with E-state index < -0.39 is 5.82 Å². The number of hydrogen-bond donors (Lipinski definition) is 0. The quantitative estimate of drug-likeness (QED) is 0.747. The lowest BCUT2D eigenvalue weighted by atomic mass is 9.79. The molecule has 1 atom stereocenters. The van der Waals surface area contributed by atoms with Gasteiger partial charge in [0, 0.05) is 17.3 Å². The Bertz CT molecular complexity index is 508. The van der Waals surface area contributed by atoms with Crippen molar-refractivity contribution >= 4 is 12.0 Å². The summed E-state index contributed by atoms with van der Waals surface area (Å²) in [6, 6.07) is 3.53. The predicted molar refractivity (Wildman–Crippen MR) is 76.5 cm³/mol. The molecule has 0 spiro atoms. The van der Waals surface area contributed by atoms with Crippen LogP contribution in [0.1, 0.15) is 62.9 Å². The minimum Gasteiger partial charge on any atom is -0.364 e. The maximum Gasteiger partial charge on any atom is 0.153 e. The van der Waals surface area contributed by atoms with Gasteiger partial charge >= 0.3 is 0 Å². The number of hydrogen-bond acceptors (Lipinski definition) is 2. The Morgan fingerprint density at radius 1 is 1.42 bits per heavy atom. The molecule has 2 rings (SSSR count). The minimum atomic E-state index is -0.427. The summed E-state index contributed by atoms with van der Waals surface area (Å²) in [4.78, 5) is 13.2. The van der Waals surface area contributed by atoms with Crippen LogP contribution in [0.5, 0.6) is 0 Å². The molecule has 1 aliphatic heterocycles. The molecule has 1 aromatic rings. The van der Waals surface area contributed by atoms with E-state index in [0.717, 1.165) is 17.7 Å². The van der Waals surface area contributed by atoms with Crippen LogP contribution >= 0.6 is 0 Å². The maximum atomic E-state index is 13.9. The second kappa shape index (κ2) is 4.62. The van der Waals surface area contributed by atoms with Crippen LogP contribution in [0.15, 0.2) is 12.1 Å². The molecule has 104 valence electrons. The van der Waals surface area contributed by atoms with Gasteiger partial charge in [0.1, 0.15) is 5.82 Å². The molecule has 1 heterocycles. The van der Waals surface area contributed by atoms with Crippen LogP contribution in [-0.4, -0.2) is 17.9 Å². The molecule has 19 heavy (non-hydrogen) atoms. The molecule has 1 aliphatic rings. The fraction of sp³-hybridized carbons (Fsp3) is 0.562. The lowest BCUT2D eigenvalue weighted by molar-refractivity contribution is 0.111. The molecule has 0 amide bonds. The summed E-state index contributed by atoms with van der Waals surface area (Å²) >= 11 is 0. The zero-order valence-electron chi connectivity index (χ0n) is 12.3. The summed E-state index contributed by atoms with van der Waals surface area (Å²) in [5.74, 6) is -0.0939. The molecule has 2 nitrogen and oxygen atoms in total. The summed E-state index contributed by atoms with van der Waals surface area (Å²) in [7, 11) is 0. The highest BCUT2D eigenvalue weighted by Crippen LogP contribution is 2.44. The molecule has 0 aliphatic carbocycles. The zero-order chi connectivity index (χ0) is 14.4. The third kappa shape index (κ3) is 2.26. The molecular weight excluding hydrogens is 241 g/mol. The average Bonchev–Trinajstić information content (AvgIpc) is 2.26. The molecule has 0 aromatic heterocycles. The van der Waals surface area contributed by atoms with Crippen LogP contribution in [0, 0.1) is 5.82 Å². The number of carbonyl (C=O) groups excluding carboxylic acids is 1. The third-order valence-corrected chi connectivity index (χ3v) is 4.04. The van der Waals surface area contributed by atoms with Gasteiger partial charge in [0.05, 0.1) is 5.56 Å². The highest BCUT2D eigenvalue weighted by atomic mass is 19.1. The molecule has 0 radical (unpaired) electrons. The summed E-state index contributed by atoms with van der Waals surface area (Å²) in [6.07, 6.45) is 1.60. The van der Waals surface area contributed by atoms with Gasteiger partial charge in [-0.3, -0.25) is 4.79 Å². The molecule has 1 aromatic carbocycles. The van der Waals surface area contributed by atoms with Gasteiger partial charge in [-0.1, -0.05) is 6.92 Å². The topological polar surface area (TPSA) is 20.3 Å². The number of aldehydes is 1. The Morgan fingerprint density at radius 2 is 2.05 bits per heavy atom. The van der Waals surface area contributed by atoms with Gasteiger partial charge < -0.3 is 4.90 Å². The Labute approximate surface area is 114 Å². The van der Waals surface area contributed by atoms with Crippen molar-refractivity contribution in [1.29, 1.82) is 0 Å². The number of benzene rings is 1. The van der Waals surface area contributed by atoms with Crippen molar-refractivity contribution in [1.82, 2.24) is 0 Å². The van der Waals surface area contributed by atoms with E-state index in [9.17, 15) is 9.18 Å². The van der Waals surface area contributed by atoms with Crippen LogP contribution in [0.2, 0.25) is 0 Å². The third-order valence-electron chi connectivity index (χ3n) is 4.04. The number of halogens is 1. The Balaban J connectivity index is 2.65. The molecule has 0 bridgehead atoms. The first kappa shape index (κ1) is 14.0. The lowest BCUT2D eigenvalue weighted by Gasteiger charge is -2.50. The van der Waals surface area contributed by atoms with Crippen LogP contribution in [-0.2, 0) is 0 Å². The van der Waals surface area contributed by atoms with Crippen LogP contribution in [0.4, 0.5) is 10.1 Å². The molecule has 0 N–H and O–H groups in total. The van der Waals surface area contributed by atoms with E-state index in [-0.39, 0.29) is 11.1 Å². The van der Waals surface area contributed by atoms with Gasteiger partial charge in [0.15, 0.2) is 6.29 Å². The first-order chi connectivity index (χ1) is 8.77. The van der Waals surface area contributed by atoms with E-state index in [4.69, 9.17) is 0 Å². The normalized spacial score (nSPS) is 21.4. The number of fused-ring (bicyclic) bond motifs is 1. The highest BCUT2D eigenvalue weighted by molar-refractivity contribution is 5.78. The van der Waals surface area contributed by atoms with Gasteiger partial charge in [-0.15, -0.1) is 0 Å². The van der Waals surface area contributed by atoms with E-state index in [2.05, 4.69) is 39.5 Å². The van der Waals surface area contributed by atoms with Crippen molar-refractivity contribution in [2.45, 2.75) is 58.5 Å². The monoisotopic (exact) mass is 263 g/mol. The van der Waals surface area contributed by atoms with E-state index in [1.807, 2.05) is 0 Å².